The zero-order chi connectivity index (χ0) is 13.7. The van der Waals surface area contributed by atoms with Gasteiger partial charge in [0.25, 0.3) is 0 Å². The third-order valence-corrected chi connectivity index (χ3v) is 4.76. The normalized spacial score (nSPS) is 17.8. The van der Waals surface area contributed by atoms with E-state index in [9.17, 15) is 4.39 Å². The number of benzene rings is 1. The Morgan fingerprint density at radius 2 is 2.05 bits per heavy atom. The second kappa shape index (κ2) is 6.85. The molecule has 1 aromatic carbocycles. The fraction of sp³-hybridized carbons (Fsp3) is 0.625. The number of hydrogen-bond donors (Lipinski definition) is 1. The monoisotopic (exact) mass is 327 g/mol. The molecule has 1 aliphatic rings. The third-order valence-electron chi connectivity index (χ3n) is 4.15. The first kappa shape index (κ1) is 15.0. The first-order valence-corrected chi connectivity index (χ1v) is 8.09. The van der Waals surface area contributed by atoms with Crippen LogP contribution in [0.15, 0.2) is 22.7 Å². The Labute approximate surface area is 124 Å². The molecule has 0 spiro atoms. The van der Waals surface area contributed by atoms with Gasteiger partial charge in [-0.05, 0) is 71.3 Å². The van der Waals surface area contributed by atoms with E-state index >= 15 is 0 Å². The van der Waals surface area contributed by atoms with Gasteiger partial charge in [-0.3, -0.25) is 0 Å². The maximum Gasteiger partial charge on any atom is 0.137 e. The van der Waals surface area contributed by atoms with Gasteiger partial charge in [-0.2, -0.15) is 0 Å². The van der Waals surface area contributed by atoms with Crippen molar-refractivity contribution in [3.8, 4) is 0 Å². The predicted molar refractivity (Wildman–Crippen MR) is 81.9 cm³/mol. The molecule has 1 N–H and O–H groups in total. The van der Waals surface area contributed by atoms with Crippen LogP contribution >= 0.6 is 15.9 Å². The summed E-state index contributed by atoms with van der Waals surface area (Å²) in [6.07, 6.45) is 7.48. The van der Waals surface area contributed by atoms with Crippen molar-refractivity contribution in [2.24, 2.45) is 5.41 Å². The summed E-state index contributed by atoms with van der Waals surface area (Å²) in [5.74, 6) is -0.173. The Kier molecular flexibility index (Phi) is 5.40. The molecule has 0 amide bonds. The van der Waals surface area contributed by atoms with E-state index < -0.39 is 0 Å². The summed E-state index contributed by atoms with van der Waals surface area (Å²) in [5, 5.41) is 3.58. The fourth-order valence-electron chi connectivity index (χ4n) is 3.15. The zero-order valence-electron chi connectivity index (χ0n) is 11.6. The standard InChI is InChI=1S/C16H23BrFN/c1-2-9-19-12-16(7-3-4-8-16)11-13-5-6-15(18)14(17)10-13/h5-6,10,19H,2-4,7-9,11-12H2,1H3. The van der Waals surface area contributed by atoms with Crippen LogP contribution < -0.4 is 5.32 Å². The lowest BCUT2D eigenvalue weighted by atomic mass is 9.80. The van der Waals surface area contributed by atoms with Gasteiger partial charge in [-0.1, -0.05) is 25.8 Å². The molecule has 1 nitrogen and oxygen atoms in total. The Morgan fingerprint density at radius 3 is 2.68 bits per heavy atom. The van der Waals surface area contributed by atoms with Gasteiger partial charge in [0.05, 0.1) is 4.47 Å². The summed E-state index contributed by atoms with van der Waals surface area (Å²) in [5.41, 5.74) is 1.63. The van der Waals surface area contributed by atoms with Crippen molar-refractivity contribution in [1.29, 1.82) is 0 Å². The molecule has 0 radical (unpaired) electrons. The van der Waals surface area contributed by atoms with E-state index in [1.54, 1.807) is 6.07 Å². The minimum Gasteiger partial charge on any atom is -0.316 e. The van der Waals surface area contributed by atoms with Crippen LogP contribution in [-0.4, -0.2) is 13.1 Å². The minimum atomic E-state index is -0.173. The summed E-state index contributed by atoms with van der Waals surface area (Å²) in [6.45, 7) is 4.39. The number of nitrogens with one attached hydrogen (secondary N) is 1. The summed E-state index contributed by atoms with van der Waals surface area (Å²) >= 11 is 3.29. The van der Waals surface area contributed by atoms with Crippen LogP contribution in [0.4, 0.5) is 4.39 Å². The van der Waals surface area contributed by atoms with Crippen LogP contribution in [0, 0.1) is 11.2 Å². The van der Waals surface area contributed by atoms with Crippen LogP contribution in [-0.2, 0) is 6.42 Å². The molecular weight excluding hydrogens is 305 g/mol. The lowest BCUT2D eigenvalue weighted by Crippen LogP contribution is -2.34. The predicted octanol–water partition coefficient (Wildman–Crippen LogP) is 4.69. The van der Waals surface area contributed by atoms with Gasteiger partial charge in [0.1, 0.15) is 5.82 Å². The topological polar surface area (TPSA) is 12.0 Å². The van der Waals surface area contributed by atoms with E-state index in [0.717, 1.165) is 19.5 Å². The lowest BCUT2D eigenvalue weighted by molar-refractivity contribution is 0.278. The smallest absolute Gasteiger partial charge is 0.137 e. The van der Waals surface area contributed by atoms with Crippen molar-refractivity contribution in [1.82, 2.24) is 5.32 Å². The molecule has 0 bridgehead atoms. The first-order chi connectivity index (χ1) is 9.15. The highest BCUT2D eigenvalue weighted by Gasteiger charge is 2.33. The van der Waals surface area contributed by atoms with Crippen molar-refractivity contribution in [3.05, 3.63) is 34.1 Å². The van der Waals surface area contributed by atoms with Gasteiger partial charge in [0.15, 0.2) is 0 Å². The molecule has 1 saturated carbocycles. The lowest BCUT2D eigenvalue weighted by Gasteiger charge is -2.29. The number of halogens is 2. The average molecular weight is 328 g/mol. The molecule has 1 fully saturated rings. The Hall–Kier alpha value is -0.410. The van der Waals surface area contributed by atoms with Gasteiger partial charge >= 0.3 is 0 Å². The van der Waals surface area contributed by atoms with Gasteiger partial charge in [-0.25, -0.2) is 4.39 Å². The van der Waals surface area contributed by atoms with E-state index in [4.69, 9.17) is 0 Å². The molecule has 0 saturated heterocycles. The van der Waals surface area contributed by atoms with Gasteiger partial charge in [-0.15, -0.1) is 0 Å². The highest BCUT2D eigenvalue weighted by Crippen LogP contribution is 2.40. The zero-order valence-corrected chi connectivity index (χ0v) is 13.2. The van der Waals surface area contributed by atoms with Gasteiger partial charge in [0.2, 0.25) is 0 Å². The number of rotatable bonds is 6. The van der Waals surface area contributed by atoms with Crippen molar-refractivity contribution >= 4 is 15.9 Å². The fourth-order valence-corrected chi connectivity index (χ4v) is 3.58. The van der Waals surface area contributed by atoms with E-state index in [0.29, 0.717) is 9.89 Å². The van der Waals surface area contributed by atoms with Crippen LogP contribution in [0.5, 0.6) is 0 Å². The van der Waals surface area contributed by atoms with Gasteiger partial charge in [0, 0.05) is 6.54 Å². The van der Waals surface area contributed by atoms with Crippen molar-refractivity contribution in [2.45, 2.75) is 45.4 Å². The highest BCUT2D eigenvalue weighted by atomic mass is 79.9. The van der Waals surface area contributed by atoms with Crippen LogP contribution in [0.2, 0.25) is 0 Å². The Balaban J connectivity index is 2.05. The van der Waals surface area contributed by atoms with E-state index in [2.05, 4.69) is 28.2 Å². The molecule has 1 aliphatic carbocycles. The Bertz CT molecular complexity index is 413. The quantitative estimate of drug-likeness (QED) is 0.747. The summed E-state index contributed by atoms with van der Waals surface area (Å²) in [6, 6.07) is 5.44. The summed E-state index contributed by atoms with van der Waals surface area (Å²) in [7, 11) is 0. The molecule has 0 atom stereocenters. The van der Waals surface area contributed by atoms with E-state index in [1.165, 1.54) is 37.7 Å². The maximum absolute atomic E-state index is 13.3. The van der Waals surface area contributed by atoms with E-state index in [-0.39, 0.29) is 5.82 Å². The van der Waals surface area contributed by atoms with Crippen LogP contribution in [0.1, 0.15) is 44.6 Å². The molecule has 3 heteroatoms. The molecule has 2 rings (SSSR count). The van der Waals surface area contributed by atoms with E-state index in [1.807, 2.05) is 12.1 Å². The molecule has 1 aromatic rings. The molecule has 0 aromatic heterocycles. The minimum absolute atomic E-state index is 0.173. The second-order valence-electron chi connectivity index (χ2n) is 5.81. The molecule has 106 valence electrons. The summed E-state index contributed by atoms with van der Waals surface area (Å²) in [4.78, 5) is 0. The molecule has 0 aliphatic heterocycles. The maximum atomic E-state index is 13.3. The van der Waals surface area contributed by atoms with Crippen LogP contribution in [0.3, 0.4) is 0 Å². The summed E-state index contributed by atoms with van der Waals surface area (Å²) < 4.78 is 13.9. The molecular formula is C16H23BrFN. The molecule has 0 unspecified atom stereocenters. The third kappa shape index (κ3) is 4.03. The van der Waals surface area contributed by atoms with Crippen molar-refractivity contribution in [3.63, 3.8) is 0 Å². The molecule has 0 heterocycles. The van der Waals surface area contributed by atoms with Crippen molar-refractivity contribution in [2.75, 3.05) is 13.1 Å². The Morgan fingerprint density at radius 1 is 1.32 bits per heavy atom. The first-order valence-electron chi connectivity index (χ1n) is 7.30. The SMILES string of the molecule is CCCNCC1(Cc2ccc(F)c(Br)c2)CCCC1. The molecule has 19 heavy (non-hydrogen) atoms. The number of hydrogen-bond acceptors (Lipinski definition) is 1. The average Bonchev–Trinajstić information content (AvgIpc) is 2.83. The van der Waals surface area contributed by atoms with Crippen LogP contribution in [0.25, 0.3) is 0 Å². The second-order valence-corrected chi connectivity index (χ2v) is 6.66. The largest absolute Gasteiger partial charge is 0.316 e. The highest BCUT2D eigenvalue weighted by molar-refractivity contribution is 9.10. The van der Waals surface area contributed by atoms with Crippen molar-refractivity contribution < 1.29 is 4.39 Å². The van der Waals surface area contributed by atoms with Gasteiger partial charge < -0.3 is 5.32 Å².